The first-order valence-corrected chi connectivity index (χ1v) is 10.1. The number of rotatable bonds is 6. The molecule has 28 heavy (non-hydrogen) atoms. The molecule has 1 aliphatic rings. The highest BCUT2D eigenvalue weighted by molar-refractivity contribution is 14.0. The van der Waals surface area contributed by atoms with Gasteiger partial charge < -0.3 is 10.6 Å². The Bertz CT molecular complexity index is 936. The molecule has 0 saturated heterocycles. The van der Waals surface area contributed by atoms with E-state index in [0.717, 1.165) is 23.4 Å². The van der Waals surface area contributed by atoms with E-state index in [0.29, 0.717) is 11.3 Å². The number of nitrogens with zero attached hydrogens (tertiary/aromatic N) is 2. The van der Waals surface area contributed by atoms with Crippen LogP contribution in [0.1, 0.15) is 18.4 Å². The maximum atomic E-state index is 4.52. The lowest BCUT2D eigenvalue weighted by atomic mass is 10.1. The average Bonchev–Trinajstić information content (AvgIpc) is 3.48. The maximum absolute atomic E-state index is 4.52. The van der Waals surface area contributed by atoms with E-state index in [2.05, 4.69) is 75.2 Å². The number of aromatic nitrogens is 1. The summed E-state index contributed by atoms with van der Waals surface area (Å²) in [5, 5.41) is 8.10. The fraction of sp³-hybridized carbons (Fsp3) is 0.273. The Morgan fingerprint density at radius 1 is 1.04 bits per heavy atom. The van der Waals surface area contributed by atoms with Gasteiger partial charge in [0.25, 0.3) is 0 Å². The van der Waals surface area contributed by atoms with Gasteiger partial charge in [-0.25, -0.2) is 0 Å². The highest BCUT2D eigenvalue weighted by atomic mass is 127. The van der Waals surface area contributed by atoms with Crippen molar-refractivity contribution in [3.8, 4) is 0 Å². The van der Waals surface area contributed by atoms with E-state index in [1.807, 2.05) is 31.1 Å². The summed E-state index contributed by atoms with van der Waals surface area (Å²) in [5.74, 6) is 0.836. The lowest BCUT2D eigenvalue weighted by Gasteiger charge is -2.18. The molecule has 3 aromatic rings. The molecule has 4 rings (SSSR count). The number of nitrogens with one attached hydrogen (secondary N) is 2. The number of aliphatic imine (C=N–C) groups is 1. The largest absolute Gasteiger partial charge is 0.355 e. The van der Waals surface area contributed by atoms with Crippen LogP contribution in [0.4, 0.5) is 0 Å². The van der Waals surface area contributed by atoms with Gasteiger partial charge in [-0.05, 0) is 36.6 Å². The predicted octanol–water partition coefficient (Wildman–Crippen LogP) is 4.84. The van der Waals surface area contributed by atoms with Gasteiger partial charge in [0, 0.05) is 41.4 Å². The number of hydrogen-bond donors (Lipinski definition) is 2. The van der Waals surface area contributed by atoms with Crippen LogP contribution in [0.3, 0.4) is 0 Å². The minimum atomic E-state index is 0. The fourth-order valence-electron chi connectivity index (χ4n) is 3.15. The molecule has 4 nitrogen and oxygen atoms in total. The van der Waals surface area contributed by atoms with Crippen molar-refractivity contribution in [2.24, 2.45) is 4.99 Å². The number of pyridine rings is 1. The molecular weight excluding hydrogens is 479 g/mol. The zero-order valence-corrected chi connectivity index (χ0v) is 19.0. The van der Waals surface area contributed by atoms with Crippen LogP contribution in [-0.4, -0.2) is 29.3 Å². The smallest absolute Gasteiger partial charge is 0.191 e. The van der Waals surface area contributed by atoms with Crippen molar-refractivity contribution in [3.05, 3.63) is 72.4 Å². The lowest BCUT2D eigenvalue weighted by Crippen LogP contribution is -2.40. The maximum Gasteiger partial charge on any atom is 0.191 e. The lowest BCUT2D eigenvalue weighted by molar-refractivity contribution is 0.767. The van der Waals surface area contributed by atoms with E-state index < -0.39 is 0 Å². The molecular formula is C22H25IN4S. The highest BCUT2D eigenvalue weighted by Gasteiger charge is 2.43. The number of thioether (sulfide) groups is 1. The third-order valence-corrected chi connectivity index (χ3v) is 6.34. The molecule has 0 radical (unpaired) electrons. The van der Waals surface area contributed by atoms with E-state index in [4.69, 9.17) is 0 Å². The van der Waals surface area contributed by atoms with E-state index in [1.165, 1.54) is 23.3 Å². The summed E-state index contributed by atoms with van der Waals surface area (Å²) in [6.07, 6.45) is 4.32. The third-order valence-electron chi connectivity index (χ3n) is 4.85. The van der Waals surface area contributed by atoms with Crippen LogP contribution < -0.4 is 10.6 Å². The van der Waals surface area contributed by atoms with Crippen LogP contribution in [0.2, 0.25) is 0 Å². The Hall–Kier alpha value is -1.80. The number of fused-ring (bicyclic) bond motifs is 1. The SMILES string of the molecule is CN=C(NCc1cccc2cccnc12)NCC1(Sc2ccccc2)CC1.I. The molecule has 1 aromatic heterocycles. The summed E-state index contributed by atoms with van der Waals surface area (Å²) < 4.78 is 0.292. The molecule has 146 valence electrons. The van der Waals surface area contributed by atoms with E-state index in [1.54, 1.807) is 0 Å². The van der Waals surface area contributed by atoms with Crippen molar-refractivity contribution in [3.63, 3.8) is 0 Å². The van der Waals surface area contributed by atoms with Crippen molar-refractivity contribution in [1.82, 2.24) is 15.6 Å². The van der Waals surface area contributed by atoms with Gasteiger partial charge in [-0.2, -0.15) is 0 Å². The van der Waals surface area contributed by atoms with Gasteiger partial charge in [0.05, 0.1) is 5.52 Å². The van der Waals surface area contributed by atoms with Crippen molar-refractivity contribution >= 4 is 52.6 Å². The van der Waals surface area contributed by atoms with Crippen LogP contribution in [0.25, 0.3) is 10.9 Å². The number of guanidine groups is 1. The molecule has 6 heteroatoms. The Labute approximate surface area is 187 Å². The molecule has 0 spiro atoms. The molecule has 1 saturated carbocycles. The van der Waals surface area contributed by atoms with Crippen LogP contribution in [0, 0.1) is 0 Å². The molecule has 0 atom stereocenters. The summed E-state index contributed by atoms with van der Waals surface area (Å²) in [7, 11) is 1.82. The molecule has 2 N–H and O–H groups in total. The zero-order valence-electron chi connectivity index (χ0n) is 15.9. The zero-order chi connectivity index (χ0) is 18.5. The van der Waals surface area contributed by atoms with Gasteiger partial charge in [0.15, 0.2) is 5.96 Å². The van der Waals surface area contributed by atoms with Crippen molar-refractivity contribution in [2.75, 3.05) is 13.6 Å². The van der Waals surface area contributed by atoms with Gasteiger partial charge in [-0.15, -0.1) is 35.7 Å². The standard InChI is InChI=1S/C22H24N4S.HI/c1-23-21(25-15-18-8-5-7-17-9-6-14-24-20(17)18)26-16-22(12-13-22)27-19-10-3-2-4-11-19;/h2-11,14H,12-13,15-16H2,1H3,(H2,23,25,26);1H. The van der Waals surface area contributed by atoms with Gasteiger partial charge in [0.1, 0.15) is 0 Å². The monoisotopic (exact) mass is 504 g/mol. The molecule has 0 bridgehead atoms. The molecule has 0 aliphatic heterocycles. The number of hydrogen-bond acceptors (Lipinski definition) is 3. The van der Waals surface area contributed by atoms with Crippen LogP contribution in [0.15, 0.2) is 76.7 Å². The van der Waals surface area contributed by atoms with Gasteiger partial charge in [-0.1, -0.05) is 42.5 Å². The van der Waals surface area contributed by atoms with Gasteiger partial charge in [-0.3, -0.25) is 9.98 Å². The van der Waals surface area contributed by atoms with Gasteiger partial charge >= 0.3 is 0 Å². The van der Waals surface area contributed by atoms with Crippen molar-refractivity contribution in [1.29, 1.82) is 0 Å². The second-order valence-corrected chi connectivity index (χ2v) is 8.41. The summed E-state index contributed by atoms with van der Waals surface area (Å²) in [4.78, 5) is 10.2. The van der Waals surface area contributed by atoms with Gasteiger partial charge in [0.2, 0.25) is 0 Å². The van der Waals surface area contributed by atoms with Crippen LogP contribution >= 0.6 is 35.7 Å². The normalized spacial score (nSPS) is 15.0. The summed E-state index contributed by atoms with van der Waals surface area (Å²) in [5.41, 5.74) is 2.22. The minimum absolute atomic E-state index is 0. The van der Waals surface area contributed by atoms with E-state index in [9.17, 15) is 0 Å². The second-order valence-electron chi connectivity index (χ2n) is 6.87. The topological polar surface area (TPSA) is 49.3 Å². The summed E-state index contributed by atoms with van der Waals surface area (Å²) in [6, 6.07) is 21.0. The first-order chi connectivity index (χ1) is 13.3. The second kappa shape index (κ2) is 9.60. The Morgan fingerprint density at radius 3 is 2.57 bits per heavy atom. The Morgan fingerprint density at radius 2 is 1.82 bits per heavy atom. The predicted molar refractivity (Wildman–Crippen MR) is 130 cm³/mol. The Kier molecular flexibility index (Phi) is 7.18. The third kappa shape index (κ3) is 5.17. The molecule has 1 fully saturated rings. The first-order valence-electron chi connectivity index (χ1n) is 9.29. The first kappa shape index (κ1) is 20.9. The van der Waals surface area contributed by atoms with Crippen LogP contribution in [-0.2, 0) is 6.54 Å². The number of para-hydroxylation sites is 1. The number of halogens is 1. The Balaban J connectivity index is 0.00000225. The molecule has 2 aromatic carbocycles. The van der Waals surface area contributed by atoms with Crippen molar-refractivity contribution in [2.45, 2.75) is 29.0 Å². The van der Waals surface area contributed by atoms with E-state index >= 15 is 0 Å². The fourth-order valence-corrected chi connectivity index (χ4v) is 4.39. The molecule has 1 heterocycles. The van der Waals surface area contributed by atoms with E-state index in [-0.39, 0.29) is 24.0 Å². The quantitative estimate of drug-likeness (QED) is 0.287. The van der Waals surface area contributed by atoms with Crippen molar-refractivity contribution < 1.29 is 0 Å². The molecule has 0 unspecified atom stereocenters. The molecule has 1 aliphatic carbocycles. The van der Waals surface area contributed by atoms with Crippen LogP contribution in [0.5, 0.6) is 0 Å². The number of benzene rings is 2. The summed E-state index contributed by atoms with van der Waals surface area (Å²) in [6.45, 7) is 1.62. The molecule has 0 amide bonds. The average molecular weight is 504 g/mol. The highest BCUT2D eigenvalue weighted by Crippen LogP contribution is 2.51. The minimum Gasteiger partial charge on any atom is -0.355 e. The summed E-state index contributed by atoms with van der Waals surface area (Å²) >= 11 is 1.97.